The van der Waals surface area contributed by atoms with Crippen LogP contribution in [-0.2, 0) is 0 Å². The molecule has 0 saturated heterocycles. The lowest BCUT2D eigenvalue weighted by Crippen LogP contribution is -2.36. The molecule has 10 heteroatoms. The van der Waals surface area contributed by atoms with Gasteiger partial charge in [-0.1, -0.05) is 0 Å². The van der Waals surface area contributed by atoms with Gasteiger partial charge in [0.25, 0.3) is 5.56 Å². The van der Waals surface area contributed by atoms with E-state index >= 15 is 0 Å². The molecule has 0 amide bonds. The number of amidine groups is 1. The molecular weight excluding hydrogens is 402 g/mol. The molecule has 29 heavy (non-hydrogen) atoms. The summed E-state index contributed by atoms with van der Waals surface area (Å²) in [5.41, 5.74) is 0.109. The van der Waals surface area contributed by atoms with Crippen LogP contribution in [0.5, 0.6) is 11.5 Å². The van der Waals surface area contributed by atoms with Gasteiger partial charge in [-0.15, -0.1) is 0 Å². The lowest BCUT2D eigenvalue weighted by Gasteiger charge is -2.21. The Bertz CT molecular complexity index is 1060. The number of aromatic amines is 1. The first-order valence-corrected chi connectivity index (χ1v) is 9.36. The number of nitrogens with one attached hydrogen (secondary N) is 3. The molecule has 0 aliphatic rings. The molecule has 7 nitrogen and oxygen atoms in total. The van der Waals surface area contributed by atoms with Gasteiger partial charge in [0.15, 0.2) is 5.84 Å². The summed E-state index contributed by atoms with van der Waals surface area (Å²) in [4.78, 5) is 12.1. The average Bonchev–Trinajstić information content (AvgIpc) is 3.01. The Hall–Kier alpha value is -3.24. The van der Waals surface area contributed by atoms with Crippen LogP contribution in [0.4, 0.5) is 19.5 Å². The highest BCUT2D eigenvalue weighted by atomic mass is 32.1. The van der Waals surface area contributed by atoms with E-state index in [0.29, 0.717) is 21.5 Å². The maximum absolute atomic E-state index is 13.3. The van der Waals surface area contributed by atoms with E-state index in [2.05, 4.69) is 9.69 Å². The standard InChI is InChI=1S/C19H18F2N4O3S/c1-10(2)25(27)17(22)16-18(26)24-29-19(16)23-13-3-5-14(6-4-13)28-15-8-11(20)7-12(21)9-15/h3-10,22-23,27H,1-2H3,(H,24,26). The highest BCUT2D eigenvalue weighted by molar-refractivity contribution is 7.10. The average molecular weight is 420 g/mol. The number of ether oxygens (including phenoxy) is 1. The number of hydrogen-bond donors (Lipinski definition) is 4. The number of anilines is 2. The Balaban J connectivity index is 1.77. The van der Waals surface area contributed by atoms with E-state index in [-0.39, 0.29) is 23.2 Å². The minimum atomic E-state index is -0.741. The summed E-state index contributed by atoms with van der Waals surface area (Å²) < 4.78 is 34.5. The first-order chi connectivity index (χ1) is 13.7. The second-order valence-corrected chi connectivity index (χ2v) is 7.20. The van der Waals surface area contributed by atoms with Crippen LogP contribution in [0.1, 0.15) is 19.4 Å². The fourth-order valence-electron chi connectivity index (χ4n) is 2.44. The second-order valence-electron chi connectivity index (χ2n) is 6.38. The van der Waals surface area contributed by atoms with E-state index in [0.717, 1.165) is 29.7 Å². The van der Waals surface area contributed by atoms with Crippen molar-refractivity contribution >= 4 is 28.1 Å². The summed E-state index contributed by atoms with van der Waals surface area (Å²) in [6.45, 7) is 3.37. The first-order valence-electron chi connectivity index (χ1n) is 8.54. The van der Waals surface area contributed by atoms with Crippen LogP contribution in [0.15, 0.2) is 47.3 Å². The molecule has 1 aromatic heterocycles. The molecule has 3 aromatic rings. The van der Waals surface area contributed by atoms with Crippen LogP contribution >= 0.6 is 11.5 Å². The Morgan fingerprint density at radius 2 is 1.79 bits per heavy atom. The Labute approximate surface area is 168 Å². The number of H-pyrrole nitrogens is 1. The van der Waals surface area contributed by atoms with Gasteiger partial charge < -0.3 is 10.1 Å². The smallest absolute Gasteiger partial charge is 0.271 e. The van der Waals surface area contributed by atoms with Crippen LogP contribution in [0.2, 0.25) is 0 Å². The maximum atomic E-state index is 13.3. The van der Waals surface area contributed by atoms with Gasteiger partial charge in [0.05, 0.1) is 6.04 Å². The number of hydrogen-bond acceptors (Lipinski definition) is 6. The fourth-order valence-corrected chi connectivity index (χ4v) is 3.20. The van der Waals surface area contributed by atoms with Crippen LogP contribution in [0.25, 0.3) is 0 Å². The van der Waals surface area contributed by atoms with Crippen molar-refractivity contribution in [1.29, 1.82) is 5.41 Å². The summed E-state index contributed by atoms with van der Waals surface area (Å²) in [6.07, 6.45) is 0. The Morgan fingerprint density at radius 1 is 1.17 bits per heavy atom. The van der Waals surface area contributed by atoms with Gasteiger partial charge in [0, 0.05) is 23.9 Å². The summed E-state index contributed by atoms with van der Waals surface area (Å²) in [5, 5.41) is 22.1. The maximum Gasteiger partial charge on any atom is 0.271 e. The molecule has 152 valence electrons. The molecular formula is C19H18F2N4O3S. The summed E-state index contributed by atoms with van der Waals surface area (Å²) in [6, 6.07) is 8.96. The molecule has 0 spiro atoms. The third-order valence-corrected chi connectivity index (χ3v) is 4.64. The highest BCUT2D eigenvalue weighted by Gasteiger charge is 2.22. The molecule has 0 atom stereocenters. The number of aromatic nitrogens is 1. The topological polar surface area (TPSA) is 101 Å². The molecule has 0 fully saturated rings. The van der Waals surface area contributed by atoms with Crippen LogP contribution in [0.3, 0.4) is 0 Å². The predicted octanol–water partition coefficient (Wildman–Crippen LogP) is 4.68. The van der Waals surface area contributed by atoms with Crippen LogP contribution < -0.4 is 15.6 Å². The van der Waals surface area contributed by atoms with E-state index in [4.69, 9.17) is 10.1 Å². The largest absolute Gasteiger partial charge is 0.457 e. The first kappa shape index (κ1) is 20.5. The van der Waals surface area contributed by atoms with Gasteiger partial charge in [0.1, 0.15) is 33.7 Å². The highest BCUT2D eigenvalue weighted by Crippen LogP contribution is 2.28. The van der Waals surface area contributed by atoms with Crippen molar-refractivity contribution in [3.63, 3.8) is 0 Å². The lowest BCUT2D eigenvalue weighted by molar-refractivity contribution is -0.0421. The summed E-state index contributed by atoms with van der Waals surface area (Å²) in [7, 11) is 0. The number of benzene rings is 2. The number of nitrogens with zero attached hydrogens (tertiary/aromatic N) is 1. The second kappa shape index (κ2) is 8.41. The van der Waals surface area contributed by atoms with Gasteiger partial charge in [0.2, 0.25) is 0 Å². The Kier molecular flexibility index (Phi) is 5.95. The minimum absolute atomic E-state index is 0.0155. The van der Waals surface area contributed by atoms with E-state index in [1.807, 2.05) is 0 Å². The van der Waals surface area contributed by atoms with Crippen molar-refractivity contribution in [3.8, 4) is 11.5 Å². The van der Waals surface area contributed by atoms with Gasteiger partial charge in [-0.25, -0.2) is 13.8 Å². The van der Waals surface area contributed by atoms with E-state index < -0.39 is 17.2 Å². The summed E-state index contributed by atoms with van der Waals surface area (Å²) in [5.74, 6) is -1.42. The van der Waals surface area contributed by atoms with Crippen LogP contribution in [0, 0.1) is 17.0 Å². The molecule has 3 rings (SSSR count). The zero-order chi connectivity index (χ0) is 21.1. The van der Waals surface area contributed by atoms with Gasteiger partial charge in [-0.3, -0.25) is 19.8 Å². The van der Waals surface area contributed by atoms with E-state index in [1.165, 1.54) is 0 Å². The van der Waals surface area contributed by atoms with Gasteiger partial charge >= 0.3 is 0 Å². The number of halogens is 2. The molecule has 0 radical (unpaired) electrons. The quantitative estimate of drug-likeness (QED) is 0.264. The van der Waals surface area contributed by atoms with Crippen molar-refractivity contribution in [2.45, 2.75) is 19.9 Å². The zero-order valence-electron chi connectivity index (χ0n) is 15.5. The van der Waals surface area contributed by atoms with Gasteiger partial charge in [-0.2, -0.15) is 0 Å². The minimum Gasteiger partial charge on any atom is -0.457 e. The Morgan fingerprint density at radius 3 is 2.38 bits per heavy atom. The number of rotatable bonds is 6. The summed E-state index contributed by atoms with van der Waals surface area (Å²) >= 11 is 0.997. The molecule has 2 aromatic carbocycles. The third-order valence-electron chi connectivity index (χ3n) is 3.84. The normalized spacial score (nSPS) is 10.8. The van der Waals surface area contributed by atoms with E-state index in [9.17, 15) is 18.8 Å². The molecule has 0 saturated carbocycles. The monoisotopic (exact) mass is 420 g/mol. The van der Waals surface area contributed by atoms with E-state index in [1.54, 1.807) is 38.1 Å². The number of hydroxylamine groups is 2. The van der Waals surface area contributed by atoms with Crippen molar-refractivity contribution in [2.75, 3.05) is 5.32 Å². The molecule has 1 heterocycles. The van der Waals surface area contributed by atoms with Crippen molar-refractivity contribution in [2.24, 2.45) is 0 Å². The molecule has 4 N–H and O–H groups in total. The van der Waals surface area contributed by atoms with Crippen molar-refractivity contribution in [1.82, 2.24) is 9.44 Å². The van der Waals surface area contributed by atoms with Crippen molar-refractivity contribution in [3.05, 3.63) is 70.0 Å². The van der Waals surface area contributed by atoms with Gasteiger partial charge in [-0.05, 0) is 49.6 Å². The molecule has 0 unspecified atom stereocenters. The zero-order valence-corrected chi connectivity index (χ0v) is 16.3. The predicted molar refractivity (Wildman–Crippen MR) is 107 cm³/mol. The molecule has 0 bridgehead atoms. The SMILES string of the molecule is CC(C)N(O)C(=N)c1c(Nc2ccc(Oc3cc(F)cc(F)c3)cc2)s[nH]c1=O. The third kappa shape index (κ3) is 4.79. The lowest BCUT2D eigenvalue weighted by atomic mass is 10.2. The molecule has 0 aliphatic carbocycles. The fraction of sp³-hybridized carbons (Fsp3) is 0.158. The van der Waals surface area contributed by atoms with Crippen LogP contribution in [-0.4, -0.2) is 26.5 Å². The van der Waals surface area contributed by atoms with Crippen molar-refractivity contribution < 1.29 is 18.7 Å². The molecule has 0 aliphatic heterocycles.